The molecule has 236 valence electrons. The van der Waals surface area contributed by atoms with Gasteiger partial charge in [-0.15, -0.1) is 11.3 Å². The van der Waals surface area contributed by atoms with Crippen LogP contribution >= 0.6 is 11.3 Å². The third-order valence-electron chi connectivity index (χ3n) is 8.59. The van der Waals surface area contributed by atoms with Crippen LogP contribution in [0.4, 0.5) is 13.2 Å². The smallest absolute Gasteiger partial charge is 0.439 e. The van der Waals surface area contributed by atoms with E-state index in [9.17, 15) is 22.8 Å². The molecule has 1 saturated heterocycles. The maximum Gasteiger partial charge on any atom is 0.439 e. The average Bonchev–Trinajstić information content (AvgIpc) is 3.87. The van der Waals surface area contributed by atoms with E-state index in [2.05, 4.69) is 15.1 Å². The van der Waals surface area contributed by atoms with Gasteiger partial charge in [0.2, 0.25) is 5.88 Å². The van der Waals surface area contributed by atoms with Crippen molar-refractivity contribution in [3.8, 4) is 27.7 Å². The van der Waals surface area contributed by atoms with Crippen LogP contribution in [0.25, 0.3) is 31.9 Å². The van der Waals surface area contributed by atoms with Crippen molar-refractivity contribution in [2.75, 3.05) is 6.54 Å². The van der Waals surface area contributed by atoms with Crippen LogP contribution in [-0.2, 0) is 19.4 Å². The fourth-order valence-corrected chi connectivity index (χ4v) is 7.59. The van der Waals surface area contributed by atoms with E-state index in [0.29, 0.717) is 62.6 Å². The van der Waals surface area contributed by atoms with E-state index in [4.69, 9.17) is 14.2 Å². The van der Waals surface area contributed by atoms with Gasteiger partial charge in [0.1, 0.15) is 12.4 Å². The van der Waals surface area contributed by atoms with Crippen LogP contribution in [0.3, 0.4) is 0 Å². The first-order valence-corrected chi connectivity index (χ1v) is 15.8. The van der Waals surface area contributed by atoms with E-state index in [1.165, 1.54) is 29.5 Å². The minimum absolute atomic E-state index is 0.0463. The van der Waals surface area contributed by atoms with Gasteiger partial charge in [0.15, 0.2) is 17.5 Å². The highest BCUT2D eigenvalue weighted by atomic mass is 32.1. The van der Waals surface area contributed by atoms with E-state index in [0.717, 1.165) is 35.9 Å². The lowest BCUT2D eigenvalue weighted by Crippen LogP contribution is -2.22. The van der Waals surface area contributed by atoms with Gasteiger partial charge in [0.25, 0.3) is 5.91 Å². The standard InChI is InChI=1S/C34H24F3N5O4S/c35-20-7-3-17(4-8-20)6-10-23-26(31-40-34(44)46-41-31)27(28-29(39-23)24-2-1-13-42(24)33(28)43)25-15-19-11-12-38-32(30(19)47-25)45-16-18-5-9-21(36)22(37)14-18/h3-5,7-9,11-12,14-15,24H,1-2,6,10,13,16H2,(H,40,41,44)/t24-/m1/s1. The molecule has 1 fully saturated rings. The fraction of sp³-hybridized carbons (Fsp3) is 0.206. The number of rotatable bonds is 8. The summed E-state index contributed by atoms with van der Waals surface area (Å²) in [6, 6.07) is 13.4. The SMILES string of the molecule is O=C1c2c(nc(CCc3ccc(F)cc3)c(-c3noc(=O)[nH]3)c2-c2cc3ccnc(OCc4ccc(F)c(F)c4)c3s2)[C@H]2CCCN12. The molecule has 8 rings (SSSR count). The lowest BCUT2D eigenvalue weighted by Gasteiger charge is -2.16. The van der Waals surface area contributed by atoms with Crippen molar-refractivity contribution in [2.45, 2.75) is 38.3 Å². The van der Waals surface area contributed by atoms with Crippen LogP contribution in [0.5, 0.6) is 5.88 Å². The quantitative estimate of drug-likeness (QED) is 0.192. The monoisotopic (exact) mass is 655 g/mol. The number of hydrogen-bond donors (Lipinski definition) is 1. The lowest BCUT2D eigenvalue weighted by molar-refractivity contribution is 0.0776. The summed E-state index contributed by atoms with van der Waals surface area (Å²) in [5.41, 5.74) is 4.10. The number of pyridine rings is 2. The minimum Gasteiger partial charge on any atom is -0.472 e. The van der Waals surface area contributed by atoms with Gasteiger partial charge in [0, 0.05) is 28.6 Å². The fourth-order valence-electron chi connectivity index (χ4n) is 6.43. The number of carbonyl (C=O) groups is 1. The molecule has 0 bridgehead atoms. The van der Waals surface area contributed by atoms with Crippen molar-refractivity contribution in [1.82, 2.24) is 25.0 Å². The predicted molar refractivity (Wildman–Crippen MR) is 166 cm³/mol. The summed E-state index contributed by atoms with van der Waals surface area (Å²) in [5, 5.41) is 4.80. The van der Waals surface area contributed by atoms with Gasteiger partial charge in [-0.1, -0.05) is 23.4 Å². The summed E-state index contributed by atoms with van der Waals surface area (Å²) in [6.45, 7) is 0.563. The number of amides is 1. The topological polar surface area (TPSA) is 114 Å². The highest BCUT2D eigenvalue weighted by Gasteiger charge is 2.44. The number of aromatic nitrogens is 4. The molecule has 0 spiro atoms. The number of nitrogens with zero attached hydrogens (tertiary/aromatic N) is 4. The van der Waals surface area contributed by atoms with Crippen molar-refractivity contribution in [1.29, 1.82) is 0 Å². The van der Waals surface area contributed by atoms with Crippen LogP contribution in [0.15, 0.2) is 70.1 Å². The maximum absolute atomic E-state index is 14.0. The summed E-state index contributed by atoms with van der Waals surface area (Å²) < 4.78 is 52.5. The number of ether oxygens (including phenoxy) is 1. The zero-order valence-electron chi connectivity index (χ0n) is 24.6. The van der Waals surface area contributed by atoms with E-state index in [1.807, 2.05) is 17.0 Å². The highest BCUT2D eigenvalue weighted by Crippen LogP contribution is 2.50. The maximum atomic E-state index is 14.0. The van der Waals surface area contributed by atoms with Crippen LogP contribution < -0.4 is 10.5 Å². The molecular formula is C34H24F3N5O4S. The molecule has 0 unspecified atom stereocenters. The molecule has 4 aromatic heterocycles. The predicted octanol–water partition coefficient (Wildman–Crippen LogP) is 6.77. The Morgan fingerprint density at radius 3 is 2.57 bits per heavy atom. The Morgan fingerprint density at radius 1 is 0.957 bits per heavy atom. The molecule has 47 heavy (non-hydrogen) atoms. The number of aryl methyl sites for hydroxylation is 2. The Morgan fingerprint density at radius 2 is 1.79 bits per heavy atom. The molecule has 2 aliphatic heterocycles. The summed E-state index contributed by atoms with van der Waals surface area (Å²) in [7, 11) is 0. The average molecular weight is 656 g/mol. The third-order valence-corrected chi connectivity index (χ3v) is 9.75. The second-order valence-electron chi connectivity index (χ2n) is 11.5. The van der Waals surface area contributed by atoms with E-state index >= 15 is 0 Å². The molecule has 13 heteroatoms. The van der Waals surface area contributed by atoms with Gasteiger partial charge in [-0.25, -0.2) is 22.9 Å². The van der Waals surface area contributed by atoms with Crippen molar-refractivity contribution in [2.24, 2.45) is 0 Å². The van der Waals surface area contributed by atoms with Gasteiger partial charge in [-0.3, -0.25) is 19.3 Å². The number of halogens is 3. The first-order valence-electron chi connectivity index (χ1n) is 15.0. The molecule has 6 heterocycles. The van der Waals surface area contributed by atoms with Gasteiger partial charge in [-0.2, -0.15) is 0 Å². The molecule has 2 aliphatic rings. The second kappa shape index (κ2) is 11.5. The molecule has 1 atom stereocenters. The Bertz CT molecular complexity index is 2250. The normalized spacial score (nSPS) is 15.4. The zero-order chi connectivity index (χ0) is 32.2. The Labute approximate surface area is 268 Å². The number of hydrogen-bond acceptors (Lipinski definition) is 8. The second-order valence-corrected chi connectivity index (χ2v) is 12.5. The largest absolute Gasteiger partial charge is 0.472 e. The summed E-state index contributed by atoms with van der Waals surface area (Å²) in [5.74, 6) is -2.73. The summed E-state index contributed by atoms with van der Waals surface area (Å²) in [4.78, 5) is 40.9. The molecule has 0 saturated carbocycles. The number of aromatic amines is 1. The zero-order valence-corrected chi connectivity index (χ0v) is 25.4. The minimum atomic E-state index is -0.971. The third kappa shape index (κ3) is 5.16. The molecule has 0 aliphatic carbocycles. The Balaban J connectivity index is 1.28. The lowest BCUT2D eigenvalue weighted by atomic mass is 9.92. The van der Waals surface area contributed by atoms with Crippen molar-refractivity contribution < 1.29 is 27.2 Å². The van der Waals surface area contributed by atoms with Crippen molar-refractivity contribution in [3.63, 3.8) is 0 Å². The van der Waals surface area contributed by atoms with Crippen molar-refractivity contribution in [3.05, 3.63) is 117 Å². The van der Waals surface area contributed by atoms with Crippen LogP contribution in [0.2, 0.25) is 0 Å². The van der Waals surface area contributed by atoms with Crippen molar-refractivity contribution >= 4 is 27.3 Å². The highest BCUT2D eigenvalue weighted by molar-refractivity contribution is 7.22. The molecule has 1 N–H and O–H groups in total. The van der Waals surface area contributed by atoms with E-state index < -0.39 is 17.4 Å². The molecule has 1 amide bonds. The first kappa shape index (κ1) is 29.1. The van der Waals surface area contributed by atoms with Gasteiger partial charge >= 0.3 is 5.76 Å². The van der Waals surface area contributed by atoms with E-state index in [1.54, 1.807) is 18.3 Å². The molecule has 9 nitrogen and oxygen atoms in total. The Hall–Kier alpha value is -5.30. The number of carbonyl (C=O) groups excluding carboxylic acids is 1. The van der Waals surface area contributed by atoms with Crippen LogP contribution in [-0.4, -0.2) is 37.5 Å². The number of fused-ring (bicyclic) bond motifs is 4. The van der Waals surface area contributed by atoms with E-state index in [-0.39, 0.29) is 36.1 Å². The number of H-pyrrole nitrogens is 1. The summed E-state index contributed by atoms with van der Waals surface area (Å²) in [6.07, 6.45) is 4.15. The number of benzene rings is 2. The molecule has 0 radical (unpaired) electrons. The molecule has 2 aromatic carbocycles. The summed E-state index contributed by atoms with van der Waals surface area (Å²) >= 11 is 1.34. The Kier molecular flexibility index (Phi) is 7.12. The van der Waals surface area contributed by atoms with Crippen LogP contribution in [0, 0.1) is 17.5 Å². The van der Waals surface area contributed by atoms with Gasteiger partial charge in [0.05, 0.1) is 33.3 Å². The van der Waals surface area contributed by atoms with Gasteiger partial charge in [-0.05, 0) is 73.2 Å². The number of thiophene rings is 1. The molecule has 6 aromatic rings. The first-order chi connectivity index (χ1) is 22.8. The number of nitrogens with one attached hydrogen (secondary N) is 1. The molecular weight excluding hydrogens is 631 g/mol. The van der Waals surface area contributed by atoms with Crippen LogP contribution in [0.1, 0.15) is 51.8 Å². The van der Waals surface area contributed by atoms with Gasteiger partial charge < -0.3 is 9.64 Å².